The Morgan fingerprint density at radius 3 is 2.86 bits per heavy atom. The quantitative estimate of drug-likeness (QED) is 0.714. The summed E-state index contributed by atoms with van der Waals surface area (Å²) in [5.41, 5.74) is 0.660. The van der Waals surface area contributed by atoms with Gasteiger partial charge in [0, 0.05) is 13.2 Å². The monoisotopic (exact) mass is 194 g/mol. The summed E-state index contributed by atoms with van der Waals surface area (Å²) >= 11 is 0. The first kappa shape index (κ1) is 10.5. The van der Waals surface area contributed by atoms with E-state index in [1.54, 1.807) is 6.07 Å². The number of halogens is 1. The standard InChI is InChI=1S/C10H11FN2O/c11-9-6-8(7-12)2-3-10(9)13-4-1-5-14/h2-3,6,13-14H,1,4-5H2. The maximum Gasteiger partial charge on any atom is 0.147 e. The van der Waals surface area contributed by atoms with Crippen molar-refractivity contribution in [3.63, 3.8) is 0 Å². The first-order valence-electron chi connectivity index (χ1n) is 4.32. The molecule has 0 fully saturated rings. The van der Waals surface area contributed by atoms with Gasteiger partial charge in [-0.05, 0) is 24.6 Å². The fourth-order valence-corrected chi connectivity index (χ4v) is 1.03. The van der Waals surface area contributed by atoms with Crippen molar-refractivity contribution in [2.45, 2.75) is 6.42 Å². The van der Waals surface area contributed by atoms with Gasteiger partial charge in [-0.25, -0.2) is 4.39 Å². The lowest BCUT2D eigenvalue weighted by atomic mass is 10.2. The molecule has 0 saturated heterocycles. The van der Waals surface area contributed by atoms with Gasteiger partial charge in [0.05, 0.1) is 17.3 Å². The summed E-state index contributed by atoms with van der Waals surface area (Å²) < 4.78 is 13.2. The second kappa shape index (κ2) is 5.20. The molecule has 14 heavy (non-hydrogen) atoms. The van der Waals surface area contributed by atoms with E-state index in [1.165, 1.54) is 12.1 Å². The van der Waals surface area contributed by atoms with Crippen LogP contribution in [-0.4, -0.2) is 18.3 Å². The van der Waals surface area contributed by atoms with E-state index in [-0.39, 0.29) is 6.61 Å². The molecule has 4 heteroatoms. The van der Waals surface area contributed by atoms with E-state index in [1.807, 2.05) is 6.07 Å². The highest BCUT2D eigenvalue weighted by Crippen LogP contribution is 2.14. The molecule has 0 aliphatic carbocycles. The zero-order valence-electron chi connectivity index (χ0n) is 7.63. The highest BCUT2D eigenvalue weighted by atomic mass is 19.1. The third-order valence-corrected chi connectivity index (χ3v) is 1.75. The van der Waals surface area contributed by atoms with Gasteiger partial charge < -0.3 is 10.4 Å². The van der Waals surface area contributed by atoms with E-state index >= 15 is 0 Å². The summed E-state index contributed by atoms with van der Waals surface area (Å²) in [6.45, 7) is 0.588. The molecule has 0 saturated carbocycles. The molecular formula is C10H11FN2O. The normalized spacial score (nSPS) is 9.50. The summed E-state index contributed by atoms with van der Waals surface area (Å²) in [6.07, 6.45) is 0.569. The van der Waals surface area contributed by atoms with Crippen LogP contribution in [0.3, 0.4) is 0 Å². The predicted molar refractivity (Wildman–Crippen MR) is 51.3 cm³/mol. The molecule has 0 atom stereocenters. The van der Waals surface area contributed by atoms with Crippen LogP contribution in [0.15, 0.2) is 18.2 Å². The number of hydrogen-bond acceptors (Lipinski definition) is 3. The van der Waals surface area contributed by atoms with Gasteiger partial charge in [0.2, 0.25) is 0 Å². The molecule has 0 spiro atoms. The highest BCUT2D eigenvalue weighted by molar-refractivity contribution is 5.48. The van der Waals surface area contributed by atoms with Gasteiger partial charge >= 0.3 is 0 Å². The number of aliphatic hydroxyl groups excluding tert-OH is 1. The third kappa shape index (κ3) is 2.71. The zero-order chi connectivity index (χ0) is 10.4. The van der Waals surface area contributed by atoms with Gasteiger partial charge in [0.15, 0.2) is 0 Å². The minimum absolute atomic E-state index is 0.0743. The largest absolute Gasteiger partial charge is 0.396 e. The Balaban J connectivity index is 2.65. The molecule has 0 heterocycles. The number of nitriles is 1. The third-order valence-electron chi connectivity index (χ3n) is 1.75. The van der Waals surface area contributed by atoms with Crippen molar-refractivity contribution in [3.05, 3.63) is 29.6 Å². The Morgan fingerprint density at radius 2 is 2.29 bits per heavy atom. The van der Waals surface area contributed by atoms with Crippen molar-refractivity contribution < 1.29 is 9.50 Å². The first-order valence-corrected chi connectivity index (χ1v) is 4.32. The maximum absolute atomic E-state index is 13.2. The maximum atomic E-state index is 13.2. The molecule has 74 valence electrons. The number of rotatable bonds is 4. The molecule has 0 unspecified atom stereocenters. The molecule has 0 radical (unpaired) electrons. The smallest absolute Gasteiger partial charge is 0.147 e. The van der Waals surface area contributed by atoms with Crippen molar-refractivity contribution in [2.24, 2.45) is 0 Å². The molecule has 1 rings (SSSR count). The van der Waals surface area contributed by atoms with E-state index in [9.17, 15) is 4.39 Å². The van der Waals surface area contributed by atoms with Crippen LogP contribution in [0, 0.1) is 17.1 Å². The second-order valence-corrected chi connectivity index (χ2v) is 2.81. The summed E-state index contributed by atoms with van der Waals surface area (Å²) in [5.74, 6) is -0.443. The Morgan fingerprint density at radius 1 is 1.50 bits per heavy atom. The van der Waals surface area contributed by atoms with Crippen LogP contribution in [-0.2, 0) is 0 Å². The molecule has 1 aromatic rings. The van der Waals surface area contributed by atoms with Crippen LogP contribution in [0.5, 0.6) is 0 Å². The van der Waals surface area contributed by atoms with Crippen LogP contribution < -0.4 is 5.32 Å². The lowest BCUT2D eigenvalue weighted by molar-refractivity contribution is 0.292. The molecule has 0 amide bonds. The minimum atomic E-state index is -0.443. The molecular weight excluding hydrogens is 183 g/mol. The van der Waals surface area contributed by atoms with Gasteiger partial charge in [-0.1, -0.05) is 0 Å². The van der Waals surface area contributed by atoms with Crippen molar-refractivity contribution >= 4 is 5.69 Å². The number of nitrogens with one attached hydrogen (secondary N) is 1. The number of nitrogens with zero attached hydrogens (tertiary/aromatic N) is 1. The number of benzene rings is 1. The lowest BCUT2D eigenvalue weighted by Gasteiger charge is -2.05. The van der Waals surface area contributed by atoms with Crippen LogP contribution in [0.25, 0.3) is 0 Å². The molecule has 3 nitrogen and oxygen atoms in total. The molecule has 0 aliphatic rings. The van der Waals surface area contributed by atoms with E-state index in [0.29, 0.717) is 24.2 Å². The van der Waals surface area contributed by atoms with Gasteiger partial charge in [-0.2, -0.15) is 5.26 Å². The Kier molecular flexibility index (Phi) is 3.89. The molecule has 0 bridgehead atoms. The van der Waals surface area contributed by atoms with Crippen molar-refractivity contribution in [2.75, 3.05) is 18.5 Å². The summed E-state index contributed by atoms with van der Waals surface area (Å²) in [5, 5.41) is 19.8. The lowest BCUT2D eigenvalue weighted by Crippen LogP contribution is -2.05. The second-order valence-electron chi connectivity index (χ2n) is 2.81. The van der Waals surface area contributed by atoms with E-state index in [2.05, 4.69) is 5.32 Å². The van der Waals surface area contributed by atoms with Gasteiger partial charge in [0.25, 0.3) is 0 Å². The summed E-state index contributed by atoms with van der Waals surface area (Å²) in [6, 6.07) is 6.10. The summed E-state index contributed by atoms with van der Waals surface area (Å²) in [7, 11) is 0. The summed E-state index contributed by atoms with van der Waals surface area (Å²) in [4.78, 5) is 0. The minimum Gasteiger partial charge on any atom is -0.396 e. The van der Waals surface area contributed by atoms with Crippen molar-refractivity contribution in [1.29, 1.82) is 5.26 Å². The van der Waals surface area contributed by atoms with Gasteiger partial charge in [0.1, 0.15) is 5.82 Å². The van der Waals surface area contributed by atoms with Crippen molar-refractivity contribution in [3.8, 4) is 6.07 Å². The number of aliphatic hydroxyl groups is 1. The number of anilines is 1. The van der Waals surface area contributed by atoms with E-state index < -0.39 is 5.82 Å². The molecule has 0 aliphatic heterocycles. The van der Waals surface area contributed by atoms with E-state index in [4.69, 9.17) is 10.4 Å². The van der Waals surface area contributed by atoms with Gasteiger partial charge in [-0.15, -0.1) is 0 Å². The van der Waals surface area contributed by atoms with Crippen LogP contribution in [0.4, 0.5) is 10.1 Å². The first-order chi connectivity index (χ1) is 6.77. The average Bonchev–Trinajstić information content (AvgIpc) is 2.20. The van der Waals surface area contributed by atoms with Gasteiger partial charge in [-0.3, -0.25) is 0 Å². The van der Waals surface area contributed by atoms with E-state index in [0.717, 1.165) is 0 Å². The fourth-order valence-electron chi connectivity index (χ4n) is 1.03. The number of hydrogen-bond donors (Lipinski definition) is 2. The van der Waals surface area contributed by atoms with Crippen molar-refractivity contribution in [1.82, 2.24) is 0 Å². The Bertz CT molecular complexity index is 346. The molecule has 2 N–H and O–H groups in total. The molecule has 1 aromatic carbocycles. The average molecular weight is 194 g/mol. The Hall–Kier alpha value is -1.60. The van der Waals surface area contributed by atoms with Crippen LogP contribution in [0.2, 0.25) is 0 Å². The fraction of sp³-hybridized carbons (Fsp3) is 0.300. The van der Waals surface area contributed by atoms with Crippen LogP contribution in [0.1, 0.15) is 12.0 Å². The Labute approximate surface area is 81.8 Å². The SMILES string of the molecule is N#Cc1ccc(NCCCO)c(F)c1. The topological polar surface area (TPSA) is 56.0 Å². The van der Waals surface area contributed by atoms with Crippen LogP contribution >= 0.6 is 0 Å². The predicted octanol–water partition coefficient (Wildman–Crippen LogP) is 1.49. The molecule has 0 aromatic heterocycles. The zero-order valence-corrected chi connectivity index (χ0v) is 7.63. The highest BCUT2D eigenvalue weighted by Gasteiger charge is 2.01.